The molecule has 0 amide bonds. The van der Waals surface area contributed by atoms with Crippen molar-refractivity contribution in [1.82, 2.24) is 10.2 Å². The molecule has 5 heteroatoms. The highest BCUT2D eigenvalue weighted by molar-refractivity contribution is 5.56. The fourth-order valence-electron chi connectivity index (χ4n) is 0.833. The van der Waals surface area contributed by atoms with Crippen molar-refractivity contribution in [3.8, 4) is 5.75 Å². The van der Waals surface area contributed by atoms with Gasteiger partial charge in [-0.15, -0.1) is 0 Å². The van der Waals surface area contributed by atoms with Gasteiger partial charge in [-0.25, -0.2) is 5.10 Å². The van der Waals surface area contributed by atoms with E-state index in [1.807, 2.05) is 0 Å². The summed E-state index contributed by atoms with van der Waals surface area (Å²) in [6, 6.07) is 0. The Kier molecular flexibility index (Phi) is 1.15. The first-order chi connectivity index (χ1) is 5.38. The number of nitrogens with zero attached hydrogens (tertiary/aromatic N) is 1. The van der Waals surface area contributed by atoms with E-state index in [2.05, 4.69) is 15.5 Å². The number of aromatic nitrogens is 2. The van der Waals surface area contributed by atoms with Gasteiger partial charge in [0.1, 0.15) is 11.9 Å². The molecular formula is C6H5N3O2. The van der Waals surface area contributed by atoms with Gasteiger partial charge in [0, 0.05) is 6.20 Å². The highest BCUT2D eigenvalue weighted by Crippen LogP contribution is 2.19. The van der Waals surface area contributed by atoms with E-state index in [9.17, 15) is 4.79 Å². The van der Waals surface area contributed by atoms with Crippen LogP contribution in [0.3, 0.4) is 0 Å². The van der Waals surface area contributed by atoms with Crippen LogP contribution in [-0.4, -0.2) is 10.2 Å². The van der Waals surface area contributed by atoms with Crippen LogP contribution >= 0.6 is 0 Å². The molecule has 1 aromatic heterocycles. The molecule has 0 atom stereocenters. The zero-order valence-electron chi connectivity index (χ0n) is 5.50. The normalized spacial score (nSPS) is 13.1. The summed E-state index contributed by atoms with van der Waals surface area (Å²) in [7, 11) is 0. The third-order valence-corrected chi connectivity index (χ3v) is 1.30. The molecule has 2 N–H and O–H groups in total. The number of H-pyrrole nitrogens is 1. The number of ether oxygens (including phenoxy) is 1. The van der Waals surface area contributed by atoms with Crippen molar-refractivity contribution < 1.29 is 4.74 Å². The summed E-state index contributed by atoms with van der Waals surface area (Å²) in [4.78, 5) is 10.9. The molecule has 1 aromatic rings. The lowest BCUT2D eigenvalue weighted by atomic mass is 10.4. The van der Waals surface area contributed by atoms with Crippen LogP contribution in [0.1, 0.15) is 0 Å². The number of hydrogen-bond donors (Lipinski definition) is 2. The lowest BCUT2D eigenvalue weighted by molar-refractivity contribution is 0.467. The van der Waals surface area contributed by atoms with Gasteiger partial charge in [0.25, 0.3) is 0 Å². The second-order valence-electron chi connectivity index (χ2n) is 2.01. The van der Waals surface area contributed by atoms with E-state index in [0.717, 1.165) is 0 Å². The van der Waals surface area contributed by atoms with E-state index < -0.39 is 0 Å². The van der Waals surface area contributed by atoms with Gasteiger partial charge in [-0.1, -0.05) is 0 Å². The number of aromatic amines is 1. The highest BCUT2D eigenvalue weighted by atomic mass is 16.5. The Morgan fingerprint density at radius 2 is 2.45 bits per heavy atom. The summed E-state index contributed by atoms with van der Waals surface area (Å²) in [5.41, 5.74) is 0.246. The lowest BCUT2D eigenvalue weighted by Gasteiger charge is -2.09. The van der Waals surface area contributed by atoms with Crippen LogP contribution in [0.5, 0.6) is 5.75 Å². The minimum absolute atomic E-state index is 0.252. The van der Waals surface area contributed by atoms with Gasteiger partial charge in [-0.3, -0.25) is 4.79 Å². The topological polar surface area (TPSA) is 67.0 Å². The Morgan fingerprint density at radius 3 is 3.27 bits per heavy atom. The molecule has 1 aliphatic rings. The Bertz CT molecular complexity index is 355. The predicted octanol–water partition coefficient (Wildman–Crippen LogP) is 0.0454. The second kappa shape index (κ2) is 2.12. The molecule has 0 aliphatic carbocycles. The maximum absolute atomic E-state index is 10.9. The molecular weight excluding hydrogens is 146 g/mol. The predicted molar refractivity (Wildman–Crippen MR) is 38.2 cm³/mol. The lowest BCUT2D eigenvalue weighted by Crippen LogP contribution is -2.14. The van der Waals surface area contributed by atoms with Gasteiger partial charge in [0.15, 0.2) is 0 Å². The van der Waals surface area contributed by atoms with Gasteiger partial charge < -0.3 is 10.1 Å². The number of hydrogen-bond acceptors (Lipinski definition) is 4. The Labute approximate surface area is 61.7 Å². The molecule has 0 saturated carbocycles. The Hall–Kier alpha value is -1.78. The van der Waals surface area contributed by atoms with E-state index in [0.29, 0.717) is 5.69 Å². The molecule has 11 heavy (non-hydrogen) atoms. The number of nitrogens with one attached hydrogen (secondary N) is 2. The monoisotopic (exact) mass is 151 g/mol. The van der Waals surface area contributed by atoms with Gasteiger partial charge in [0.05, 0.1) is 6.20 Å². The minimum atomic E-state index is -0.334. The number of anilines is 1. The average molecular weight is 151 g/mol. The molecule has 0 fully saturated rings. The third kappa shape index (κ3) is 0.861. The van der Waals surface area contributed by atoms with Gasteiger partial charge >= 0.3 is 5.56 Å². The second-order valence-corrected chi connectivity index (χ2v) is 2.01. The summed E-state index contributed by atoms with van der Waals surface area (Å²) in [6.07, 6.45) is 4.47. The molecule has 2 rings (SSSR count). The largest absolute Gasteiger partial charge is 0.455 e. The van der Waals surface area contributed by atoms with Crippen molar-refractivity contribution in [1.29, 1.82) is 0 Å². The first kappa shape index (κ1) is 5.96. The first-order valence-corrected chi connectivity index (χ1v) is 3.04. The maximum Gasteiger partial charge on any atom is 0.309 e. The molecule has 0 aromatic carbocycles. The van der Waals surface area contributed by atoms with Crippen LogP contribution in [0, 0.1) is 0 Å². The molecule has 0 radical (unpaired) electrons. The van der Waals surface area contributed by atoms with E-state index in [-0.39, 0.29) is 11.3 Å². The Balaban J connectivity index is 2.63. The van der Waals surface area contributed by atoms with Crippen molar-refractivity contribution in [2.75, 3.05) is 5.32 Å². The van der Waals surface area contributed by atoms with Gasteiger partial charge in [-0.2, -0.15) is 5.10 Å². The van der Waals surface area contributed by atoms with E-state index >= 15 is 0 Å². The van der Waals surface area contributed by atoms with Crippen LogP contribution < -0.4 is 15.6 Å². The van der Waals surface area contributed by atoms with Crippen LogP contribution in [0.4, 0.5) is 5.69 Å². The quantitative estimate of drug-likeness (QED) is 0.549. The molecule has 1 aliphatic heterocycles. The molecule has 0 saturated heterocycles. The van der Waals surface area contributed by atoms with E-state index in [1.54, 1.807) is 6.20 Å². The fraction of sp³-hybridized carbons (Fsp3) is 0. The van der Waals surface area contributed by atoms with Gasteiger partial charge in [-0.05, 0) is 0 Å². The SMILES string of the molecule is O=c1[nH]ncc2c1OC=CN2. The standard InChI is InChI=1S/C6H5N3O2/c10-6-5-4(3-8-9-6)7-1-2-11-5/h1-3,7H,(H,9,10). The van der Waals surface area contributed by atoms with E-state index in [4.69, 9.17) is 4.74 Å². The fourth-order valence-corrected chi connectivity index (χ4v) is 0.833. The smallest absolute Gasteiger partial charge is 0.309 e. The summed E-state index contributed by atoms with van der Waals surface area (Å²) in [6.45, 7) is 0. The average Bonchev–Trinajstić information content (AvgIpc) is 2.06. The van der Waals surface area contributed by atoms with Crippen molar-refractivity contribution in [2.24, 2.45) is 0 Å². The molecule has 0 bridgehead atoms. The van der Waals surface area contributed by atoms with Gasteiger partial charge in [0.2, 0.25) is 5.75 Å². The number of rotatable bonds is 0. The van der Waals surface area contributed by atoms with E-state index in [1.165, 1.54) is 12.5 Å². The van der Waals surface area contributed by atoms with Crippen molar-refractivity contribution in [3.63, 3.8) is 0 Å². The summed E-state index contributed by atoms with van der Waals surface area (Å²) >= 11 is 0. The summed E-state index contributed by atoms with van der Waals surface area (Å²) < 4.78 is 4.93. The van der Waals surface area contributed by atoms with Crippen LogP contribution in [0.15, 0.2) is 23.5 Å². The minimum Gasteiger partial charge on any atom is -0.455 e. The molecule has 5 nitrogen and oxygen atoms in total. The van der Waals surface area contributed by atoms with Crippen molar-refractivity contribution in [2.45, 2.75) is 0 Å². The molecule has 2 heterocycles. The molecule has 56 valence electrons. The highest BCUT2D eigenvalue weighted by Gasteiger charge is 2.09. The van der Waals surface area contributed by atoms with Crippen LogP contribution in [0.2, 0.25) is 0 Å². The zero-order chi connectivity index (χ0) is 7.68. The zero-order valence-corrected chi connectivity index (χ0v) is 5.50. The Morgan fingerprint density at radius 1 is 1.55 bits per heavy atom. The maximum atomic E-state index is 10.9. The van der Waals surface area contributed by atoms with Crippen molar-refractivity contribution >= 4 is 5.69 Å². The van der Waals surface area contributed by atoms with Crippen LogP contribution in [-0.2, 0) is 0 Å². The third-order valence-electron chi connectivity index (χ3n) is 1.30. The summed E-state index contributed by atoms with van der Waals surface area (Å²) in [5, 5.41) is 8.65. The molecule has 0 spiro atoms. The summed E-state index contributed by atoms with van der Waals surface area (Å²) in [5.74, 6) is 0.252. The molecule has 0 unspecified atom stereocenters. The number of fused-ring (bicyclic) bond motifs is 1. The first-order valence-electron chi connectivity index (χ1n) is 3.04. The van der Waals surface area contributed by atoms with Crippen molar-refractivity contribution in [3.05, 3.63) is 29.0 Å². The van der Waals surface area contributed by atoms with Crippen LogP contribution in [0.25, 0.3) is 0 Å².